The number of piperidine rings is 1. The van der Waals surface area contributed by atoms with Gasteiger partial charge in [0.05, 0.1) is 12.1 Å². The first-order chi connectivity index (χ1) is 13.1. The van der Waals surface area contributed by atoms with E-state index in [-0.39, 0.29) is 17.5 Å². The van der Waals surface area contributed by atoms with Crippen molar-refractivity contribution in [3.05, 3.63) is 69.0 Å². The fraction of sp³-hybridized carbons (Fsp3) is 0.350. The maximum atomic E-state index is 12.6. The molecular weight excluding hydrogens is 360 g/mol. The standard InChI is InChI=1S/C20H22N4O2S/c1-22-20(26)24(16-6-3-2-4-7-16)19(21-22)15-9-11-23(12-10-15)18(25)14-17-8-5-13-27-17/h2-8,13,15H,9-12,14H2,1H3. The van der Waals surface area contributed by atoms with E-state index in [1.807, 2.05) is 52.7 Å². The molecule has 0 N–H and O–H groups in total. The molecule has 0 unspecified atom stereocenters. The molecule has 2 aromatic heterocycles. The summed E-state index contributed by atoms with van der Waals surface area (Å²) >= 11 is 1.62. The first kappa shape index (κ1) is 17.7. The van der Waals surface area contributed by atoms with Gasteiger partial charge in [0.1, 0.15) is 5.82 Å². The smallest absolute Gasteiger partial charge is 0.342 e. The van der Waals surface area contributed by atoms with Crippen LogP contribution in [0.5, 0.6) is 0 Å². The number of likely N-dealkylation sites (tertiary alicyclic amines) is 1. The van der Waals surface area contributed by atoms with Gasteiger partial charge >= 0.3 is 5.69 Å². The molecule has 7 heteroatoms. The summed E-state index contributed by atoms with van der Waals surface area (Å²) in [6.07, 6.45) is 2.11. The van der Waals surface area contributed by atoms with Crippen molar-refractivity contribution in [3.63, 3.8) is 0 Å². The van der Waals surface area contributed by atoms with E-state index in [1.165, 1.54) is 4.68 Å². The fourth-order valence-corrected chi connectivity index (χ4v) is 4.32. The van der Waals surface area contributed by atoms with Crippen LogP contribution in [-0.2, 0) is 18.3 Å². The van der Waals surface area contributed by atoms with Gasteiger partial charge in [-0.25, -0.2) is 14.0 Å². The van der Waals surface area contributed by atoms with E-state index in [1.54, 1.807) is 23.0 Å². The number of thiophene rings is 1. The van der Waals surface area contributed by atoms with Crippen LogP contribution in [-0.4, -0.2) is 38.2 Å². The van der Waals surface area contributed by atoms with Crippen LogP contribution in [0.3, 0.4) is 0 Å². The molecule has 1 amide bonds. The summed E-state index contributed by atoms with van der Waals surface area (Å²) in [6.45, 7) is 1.41. The van der Waals surface area contributed by atoms with Gasteiger partial charge in [0.15, 0.2) is 0 Å². The van der Waals surface area contributed by atoms with Gasteiger partial charge in [0.2, 0.25) is 5.91 Å². The van der Waals surface area contributed by atoms with E-state index in [0.29, 0.717) is 19.5 Å². The average molecular weight is 382 g/mol. The normalized spacial score (nSPS) is 15.2. The second-order valence-electron chi connectivity index (χ2n) is 6.85. The van der Waals surface area contributed by atoms with Crippen LogP contribution in [0.4, 0.5) is 0 Å². The highest BCUT2D eigenvalue weighted by Crippen LogP contribution is 2.28. The molecule has 0 radical (unpaired) electrons. The summed E-state index contributed by atoms with van der Waals surface area (Å²) in [5.74, 6) is 1.14. The largest absolute Gasteiger partial charge is 0.350 e. The minimum Gasteiger partial charge on any atom is -0.342 e. The van der Waals surface area contributed by atoms with Crippen LogP contribution in [0.15, 0.2) is 52.6 Å². The Balaban J connectivity index is 1.50. The lowest BCUT2D eigenvalue weighted by Gasteiger charge is -2.31. The van der Waals surface area contributed by atoms with Crippen molar-refractivity contribution in [3.8, 4) is 5.69 Å². The number of aromatic nitrogens is 3. The van der Waals surface area contributed by atoms with Gasteiger partial charge in [-0.1, -0.05) is 24.3 Å². The molecule has 1 aliphatic rings. The predicted molar refractivity (Wildman–Crippen MR) is 105 cm³/mol. The summed E-state index contributed by atoms with van der Waals surface area (Å²) in [6, 6.07) is 13.6. The number of benzene rings is 1. The molecule has 0 aliphatic carbocycles. The first-order valence-corrected chi connectivity index (χ1v) is 10.0. The zero-order valence-corrected chi connectivity index (χ0v) is 16.1. The number of hydrogen-bond acceptors (Lipinski definition) is 4. The number of nitrogens with zero attached hydrogens (tertiary/aromatic N) is 4. The Hall–Kier alpha value is -2.67. The first-order valence-electron chi connectivity index (χ1n) is 9.15. The SMILES string of the molecule is Cn1nc(C2CCN(C(=O)Cc3cccs3)CC2)n(-c2ccccc2)c1=O. The molecule has 1 aliphatic heterocycles. The number of aryl methyl sites for hydroxylation is 1. The number of para-hydroxylation sites is 1. The molecule has 0 saturated carbocycles. The Morgan fingerprint density at radius 2 is 1.89 bits per heavy atom. The lowest BCUT2D eigenvalue weighted by atomic mass is 9.95. The predicted octanol–water partition coefficient (Wildman–Crippen LogP) is 2.58. The number of carbonyl (C=O) groups is 1. The van der Waals surface area contributed by atoms with Crippen LogP contribution >= 0.6 is 11.3 Å². The zero-order valence-electron chi connectivity index (χ0n) is 15.2. The van der Waals surface area contributed by atoms with Gasteiger partial charge in [-0.15, -0.1) is 11.3 Å². The van der Waals surface area contributed by atoms with Crippen LogP contribution in [0, 0.1) is 0 Å². The molecule has 6 nitrogen and oxygen atoms in total. The molecule has 3 heterocycles. The van der Waals surface area contributed by atoms with Gasteiger partial charge in [-0.3, -0.25) is 4.79 Å². The van der Waals surface area contributed by atoms with Crippen LogP contribution < -0.4 is 5.69 Å². The van der Waals surface area contributed by atoms with Crippen molar-refractivity contribution < 1.29 is 4.79 Å². The number of hydrogen-bond donors (Lipinski definition) is 0. The maximum absolute atomic E-state index is 12.6. The maximum Gasteiger partial charge on any atom is 0.350 e. The van der Waals surface area contributed by atoms with Crippen molar-refractivity contribution in [2.45, 2.75) is 25.2 Å². The van der Waals surface area contributed by atoms with Crippen LogP contribution in [0.1, 0.15) is 29.5 Å². The van der Waals surface area contributed by atoms with Gasteiger partial charge in [0.25, 0.3) is 0 Å². The number of rotatable bonds is 4. The lowest BCUT2D eigenvalue weighted by molar-refractivity contribution is -0.131. The monoisotopic (exact) mass is 382 g/mol. The van der Waals surface area contributed by atoms with E-state index in [2.05, 4.69) is 5.10 Å². The second-order valence-corrected chi connectivity index (χ2v) is 7.88. The molecule has 1 saturated heterocycles. The van der Waals surface area contributed by atoms with Crippen LogP contribution in [0.2, 0.25) is 0 Å². The molecular formula is C20H22N4O2S. The highest BCUT2D eigenvalue weighted by Gasteiger charge is 2.28. The average Bonchev–Trinajstić information content (AvgIpc) is 3.31. The fourth-order valence-electron chi connectivity index (χ4n) is 3.63. The molecule has 3 aromatic rings. The molecule has 0 spiro atoms. The van der Waals surface area contributed by atoms with Gasteiger partial charge in [0, 0.05) is 30.9 Å². The lowest BCUT2D eigenvalue weighted by Crippen LogP contribution is -2.39. The van der Waals surface area contributed by atoms with Crippen molar-refractivity contribution >= 4 is 17.2 Å². The topological polar surface area (TPSA) is 60.1 Å². The van der Waals surface area contributed by atoms with Crippen LogP contribution in [0.25, 0.3) is 5.69 Å². The quantitative estimate of drug-likeness (QED) is 0.697. The minimum atomic E-state index is -0.132. The Kier molecular flexibility index (Phi) is 4.94. The van der Waals surface area contributed by atoms with Crippen molar-refractivity contribution in [1.29, 1.82) is 0 Å². The third-order valence-corrected chi connectivity index (χ3v) is 5.96. The van der Waals surface area contributed by atoms with E-state index in [4.69, 9.17) is 0 Å². The van der Waals surface area contributed by atoms with E-state index in [0.717, 1.165) is 29.2 Å². The highest BCUT2D eigenvalue weighted by molar-refractivity contribution is 7.10. The summed E-state index contributed by atoms with van der Waals surface area (Å²) in [5.41, 5.74) is 0.703. The molecule has 0 atom stereocenters. The number of amides is 1. The van der Waals surface area contributed by atoms with Gasteiger partial charge < -0.3 is 4.90 Å². The van der Waals surface area contributed by atoms with Gasteiger partial charge in [-0.05, 0) is 36.4 Å². The summed E-state index contributed by atoms with van der Waals surface area (Å²) < 4.78 is 3.10. The van der Waals surface area contributed by atoms with Crippen molar-refractivity contribution in [2.75, 3.05) is 13.1 Å². The summed E-state index contributed by atoms with van der Waals surface area (Å²) in [5, 5.41) is 6.51. The molecule has 1 aromatic carbocycles. The van der Waals surface area contributed by atoms with E-state index < -0.39 is 0 Å². The molecule has 0 bridgehead atoms. The van der Waals surface area contributed by atoms with E-state index in [9.17, 15) is 9.59 Å². The Labute approximate surface area is 161 Å². The summed E-state index contributed by atoms with van der Waals surface area (Å²) in [7, 11) is 1.69. The molecule has 1 fully saturated rings. The zero-order chi connectivity index (χ0) is 18.8. The Morgan fingerprint density at radius 1 is 1.15 bits per heavy atom. The summed E-state index contributed by atoms with van der Waals surface area (Å²) in [4.78, 5) is 28.1. The Bertz CT molecular complexity index is 967. The third kappa shape index (κ3) is 3.60. The number of carbonyl (C=O) groups excluding carboxylic acids is 1. The van der Waals surface area contributed by atoms with Gasteiger partial charge in [-0.2, -0.15) is 5.10 Å². The molecule has 27 heavy (non-hydrogen) atoms. The molecule has 140 valence electrons. The second kappa shape index (κ2) is 7.52. The highest BCUT2D eigenvalue weighted by atomic mass is 32.1. The Morgan fingerprint density at radius 3 is 2.56 bits per heavy atom. The van der Waals surface area contributed by atoms with E-state index >= 15 is 0 Å². The minimum absolute atomic E-state index is 0.132. The molecule has 4 rings (SSSR count). The third-order valence-electron chi connectivity index (χ3n) is 5.08. The van der Waals surface area contributed by atoms with Crippen molar-refractivity contribution in [2.24, 2.45) is 7.05 Å². The van der Waals surface area contributed by atoms with Crippen molar-refractivity contribution in [1.82, 2.24) is 19.2 Å².